The monoisotopic (exact) mass is 579 g/mol. The lowest BCUT2D eigenvalue weighted by Gasteiger charge is -2.45. The van der Waals surface area contributed by atoms with Crippen molar-refractivity contribution in [2.24, 2.45) is 0 Å². The topological polar surface area (TPSA) is 108 Å². The molecule has 0 radical (unpaired) electrons. The fourth-order valence-electron chi connectivity index (χ4n) is 5.42. The molecule has 0 aromatic heterocycles. The van der Waals surface area contributed by atoms with Crippen LogP contribution in [0, 0.1) is 6.92 Å². The minimum atomic E-state index is -1.02. The molecule has 3 amide bonds. The largest absolute Gasteiger partial charge is 0.508 e. The molecule has 42 heavy (non-hydrogen) atoms. The van der Waals surface area contributed by atoms with Gasteiger partial charge in [0.1, 0.15) is 23.4 Å². The number of benzene rings is 2. The number of aryl methyl sites for hydroxylation is 1. The van der Waals surface area contributed by atoms with Crippen LogP contribution in [0.2, 0.25) is 0 Å². The lowest BCUT2D eigenvalue weighted by Crippen LogP contribution is -2.60. The number of nitrogens with one attached hydrogen (secondary N) is 2. The summed E-state index contributed by atoms with van der Waals surface area (Å²) in [4.78, 5) is 43.6. The van der Waals surface area contributed by atoms with E-state index in [4.69, 9.17) is 4.74 Å². The first kappa shape index (κ1) is 33.0. The molecule has 2 unspecified atom stereocenters. The number of phenolic OH excluding ortho intramolecular Hbond substituents is 1. The van der Waals surface area contributed by atoms with Gasteiger partial charge in [-0.05, 0) is 84.1 Å². The number of amides is 3. The predicted octanol–water partition coefficient (Wildman–Crippen LogP) is 6.34. The lowest BCUT2D eigenvalue weighted by atomic mass is 9.90. The van der Waals surface area contributed by atoms with Gasteiger partial charge in [-0.1, -0.05) is 68.1 Å². The van der Waals surface area contributed by atoms with Crippen molar-refractivity contribution in [2.45, 2.75) is 123 Å². The van der Waals surface area contributed by atoms with Crippen molar-refractivity contribution in [3.63, 3.8) is 0 Å². The number of rotatable bonds is 10. The van der Waals surface area contributed by atoms with Gasteiger partial charge in [0.2, 0.25) is 11.8 Å². The first-order chi connectivity index (χ1) is 19.7. The van der Waals surface area contributed by atoms with Gasteiger partial charge in [0.05, 0.1) is 0 Å². The molecule has 0 spiro atoms. The summed E-state index contributed by atoms with van der Waals surface area (Å²) in [7, 11) is 0. The maximum Gasteiger partial charge on any atom is 0.408 e. The predicted molar refractivity (Wildman–Crippen MR) is 165 cm³/mol. The van der Waals surface area contributed by atoms with Gasteiger partial charge >= 0.3 is 6.09 Å². The van der Waals surface area contributed by atoms with Gasteiger partial charge in [0.25, 0.3) is 0 Å². The molecule has 8 nitrogen and oxygen atoms in total. The number of hydrogen-bond acceptors (Lipinski definition) is 5. The molecule has 2 aromatic rings. The van der Waals surface area contributed by atoms with Gasteiger partial charge in [-0.15, -0.1) is 0 Å². The third kappa shape index (κ3) is 9.23. The minimum Gasteiger partial charge on any atom is -0.508 e. The Kier molecular flexibility index (Phi) is 11.0. The van der Waals surface area contributed by atoms with Gasteiger partial charge in [0.15, 0.2) is 0 Å². The van der Waals surface area contributed by atoms with Crippen LogP contribution >= 0.6 is 0 Å². The molecule has 1 saturated carbocycles. The van der Waals surface area contributed by atoms with Crippen molar-refractivity contribution >= 4 is 17.9 Å². The van der Waals surface area contributed by atoms with Crippen LogP contribution in [-0.2, 0) is 20.7 Å². The molecule has 1 fully saturated rings. The zero-order valence-corrected chi connectivity index (χ0v) is 26.3. The van der Waals surface area contributed by atoms with E-state index in [1.807, 2.05) is 52.0 Å². The van der Waals surface area contributed by atoms with E-state index in [0.29, 0.717) is 6.42 Å². The average Bonchev–Trinajstić information content (AvgIpc) is 2.91. The van der Waals surface area contributed by atoms with E-state index >= 15 is 0 Å². The number of alkyl carbamates (subject to hydrolysis) is 1. The molecule has 8 heteroatoms. The maximum atomic E-state index is 14.7. The summed E-state index contributed by atoms with van der Waals surface area (Å²) in [6.07, 6.45) is 5.15. The lowest BCUT2D eigenvalue weighted by molar-refractivity contribution is -0.149. The quantitative estimate of drug-likeness (QED) is 0.304. The Labute approximate surface area is 251 Å². The number of phenols is 1. The second-order valence-electron chi connectivity index (χ2n) is 13.1. The minimum absolute atomic E-state index is 0.0629. The molecule has 0 bridgehead atoms. The Morgan fingerprint density at radius 2 is 1.64 bits per heavy atom. The molecular formula is C34H49N3O5. The molecule has 3 rings (SSSR count). The second kappa shape index (κ2) is 14.1. The van der Waals surface area contributed by atoms with Crippen LogP contribution in [0.15, 0.2) is 48.5 Å². The number of ether oxygens (including phenoxy) is 1. The highest BCUT2D eigenvalue weighted by Crippen LogP contribution is 2.33. The molecule has 2 aromatic carbocycles. The highest BCUT2D eigenvalue weighted by molar-refractivity contribution is 5.93. The molecule has 3 N–H and O–H groups in total. The summed E-state index contributed by atoms with van der Waals surface area (Å²) in [6, 6.07) is 12.4. The molecule has 0 aliphatic heterocycles. The molecule has 2 atom stereocenters. The average molecular weight is 580 g/mol. The number of carbonyl (C=O) groups is 3. The van der Waals surface area contributed by atoms with E-state index in [1.165, 1.54) is 0 Å². The van der Waals surface area contributed by atoms with E-state index in [0.717, 1.165) is 48.8 Å². The fraction of sp³-hybridized carbons (Fsp3) is 0.559. The van der Waals surface area contributed by atoms with E-state index < -0.39 is 29.3 Å². The summed E-state index contributed by atoms with van der Waals surface area (Å²) in [6.45, 7) is 13.1. The van der Waals surface area contributed by atoms with Crippen LogP contribution in [0.3, 0.4) is 0 Å². The third-order valence-corrected chi connectivity index (χ3v) is 7.94. The zero-order valence-electron chi connectivity index (χ0n) is 26.3. The summed E-state index contributed by atoms with van der Waals surface area (Å²) in [5, 5.41) is 15.9. The number of aromatic hydroxyl groups is 1. The summed E-state index contributed by atoms with van der Waals surface area (Å²) in [5.74, 6) is -0.497. The van der Waals surface area contributed by atoms with E-state index in [2.05, 4.69) is 10.6 Å². The van der Waals surface area contributed by atoms with Gasteiger partial charge in [-0.25, -0.2) is 4.79 Å². The van der Waals surface area contributed by atoms with Crippen LogP contribution in [0.25, 0.3) is 0 Å². The second-order valence-corrected chi connectivity index (χ2v) is 13.1. The van der Waals surface area contributed by atoms with Gasteiger partial charge < -0.3 is 25.4 Å². The van der Waals surface area contributed by atoms with E-state index in [9.17, 15) is 19.5 Å². The van der Waals surface area contributed by atoms with Crippen molar-refractivity contribution in [2.75, 3.05) is 0 Å². The van der Waals surface area contributed by atoms with Crippen molar-refractivity contribution in [1.29, 1.82) is 0 Å². The van der Waals surface area contributed by atoms with Crippen LogP contribution in [0.5, 0.6) is 5.75 Å². The van der Waals surface area contributed by atoms with Crippen LogP contribution in [0.1, 0.15) is 103 Å². The van der Waals surface area contributed by atoms with Gasteiger partial charge in [-0.3, -0.25) is 9.59 Å². The Morgan fingerprint density at radius 3 is 2.21 bits per heavy atom. The Balaban J connectivity index is 2.09. The maximum absolute atomic E-state index is 14.7. The van der Waals surface area contributed by atoms with Crippen LogP contribution < -0.4 is 10.6 Å². The standard InChI is InChI=1S/C34H49N3O5/c1-8-34(6,7)37(29(25-14-12-13-23(2)21-25)30(39)35-26-15-10-9-11-16-26)31(40)28(36-32(41)42-33(3,4)5)22-24-17-19-27(38)20-18-24/h12-14,17-21,26,28-29,38H,8-11,15-16,22H2,1-7H3,(H,35,39)(H,36,41). The molecule has 1 aliphatic rings. The number of nitrogens with zero attached hydrogens (tertiary/aromatic N) is 1. The first-order valence-corrected chi connectivity index (χ1v) is 15.2. The Morgan fingerprint density at radius 1 is 1.00 bits per heavy atom. The van der Waals surface area contributed by atoms with Gasteiger partial charge in [0, 0.05) is 18.0 Å². The third-order valence-electron chi connectivity index (χ3n) is 7.94. The summed E-state index contributed by atoms with van der Waals surface area (Å²) < 4.78 is 5.54. The Bertz CT molecular complexity index is 1210. The number of hydrogen-bond donors (Lipinski definition) is 3. The molecular weight excluding hydrogens is 530 g/mol. The number of carbonyl (C=O) groups excluding carboxylic acids is 3. The zero-order chi connectivity index (χ0) is 31.1. The van der Waals surface area contributed by atoms with E-state index in [1.54, 1.807) is 49.9 Å². The fourth-order valence-corrected chi connectivity index (χ4v) is 5.42. The molecule has 0 heterocycles. The SMILES string of the molecule is CCC(C)(C)N(C(=O)C(Cc1ccc(O)cc1)NC(=O)OC(C)(C)C)C(C(=O)NC1CCCCC1)c1cccc(C)c1. The first-order valence-electron chi connectivity index (χ1n) is 15.2. The van der Waals surface area contributed by atoms with Gasteiger partial charge in [-0.2, -0.15) is 0 Å². The summed E-state index contributed by atoms with van der Waals surface area (Å²) in [5.41, 5.74) is 0.951. The summed E-state index contributed by atoms with van der Waals surface area (Å²) >= 11 is 0. The smallest absolute Gasteiger partial charge is 0.408 e. The highest BCUT2D eigenvalue weighted by Gasteiger charge is 2.43. The van der Waals surface area contributed by atoms with Crippen LogP contribution in [-0.4, -0.2) is 51.1 Å². The normalized spacial score (nSPS) is 15.8. The van der Waals surface area contributed by atoms with Crippen molar-refractivity contribution in [1.82, 2.24) is 15.5 Å². The highest BCUT2D eigenvalue weighted by atomic mass is 16.6. The molecule has 1 aliphatic carbocycles. The van der Waals surface area contributed by atoms with E-state index in [-0.39, 0.29) is 30.0 Å². The molecule has 0 saturated heterocycles. The van der Waals surface area contributed by atoms with Crippen molar-refractivity contribution < 1.29 is 24.2 Å². The van der Waals surface area contributed by atoms with Crippen LogP contribution in [0.4, 0.5) is 4.79 Å². The van der Waals surface area contributed by atoms with Crippen molar-refractivity contribution in [3.05, 3.63) is 65.2 Å². The van der Waals surface area contributed by atoms with Crippen molar-refractivity contribution in [3.8, 4) is 5.75 Å². The Hall–Kier alpha value is -3.55. The molecule has 230 valence electrons.